The van der Waals surface area contributed by atoms with Crippen molar-refractivity contribution < 1.29 is 19.4 Å². The summed E-state index contributed by atoms with van der Waals surface area (Å²) in [4.78, 5) is 23.7. The van der Waals surface area contributed by atoms with E-state index in [-0.39, 0.29) is 31.5 Å². The molecule has 6 heteroatoms. The SMILES string of the molecule is CC(N)CC(=O)N1CCOC(C(=O)O)C1. The number of carbonyl (C=O) groups is 2. The summed E-state index contributed by atoms with van der Waals surface area (Å²) in [7, 11) is 0. The van der Waals surface area contributed by atoms with Gasteiger partial charge < -0.3 is 20.5 Å². The van der Waals surface area contributed by atoms with Crippen molar-refractivity contribution in [1.82, 2.24) is 4.90 Å². The Kier molecular flexibility index (Phi) is 4.05. The van der Waals surface area contributed by atoms with Crippen LogP contribution >= 0.6 is 0 Å². The number of ether oxygens (including phenoxy) is 1. The smallest absolute Gasteiger partial charge is 0.334 e. The van der Waals surface area contributed by atoms with Crippen LogP contribution in [0.25, 0.3) is 0 Å². The molecule has 6 nitrogen and oxygen atoms in total. The lowest BCUT2D eigenvalue weighted by atomic mass is 10.2. The second-order valence-electron chi connectivity index (χ2n) is 3.72. The van der Waals surface area contributed by atoms with Crippen molar-refractivity contribution in [3.63, 3.8) is 0 Å². The normalized spacial score (nSPS) is 23.6. The molecule has 1 heterocycles. The molecular formula is C9H16N2O4. The van der Waals surface area contributed by atoms with Crippen LogP contribution in [-0.2, 0) is 14.3 Å². The molecule has 0 spiro atoms. The summed E-state index contributed by atoms with van der Waals surface area (Å²) in [6.45, 7) is 2.56. The summed E-state index contributed by atoms with van der Waals surface area (Å²) in [5, 5.41) is 8.73. The first-order chi connectivity index (χ1) is 7.00. The van der Waals surface area contributed by atoms with Gasteiger partial charge in [0.15, 0.2) is 6.10 Å². The fraction of sp³-hybridized carbons (Fsp3) is 0.778. The molecule has 1 rings (SSSR count). The molecule has 0 aromatic rings. The largest absolute Gasteiger partial charge is 0.479 e. The number of carbonyl (C=O) groups excluding carboxylic acids is 1. The van der Waals surface area contributed by atoms with Crippen LogP contribution in [0.3, 0.4) is 0 Å². The van der Waals surface area contributed by atoms with Gasteiger partial charge in [0.25, 0.3) is 0 Å². The number of nitrogens with zero attached hydrogens (tertiary/aromatic N) is 1. The van der Waals surface area contributed by atoms with Gasteiger partial charge in [0.2, 0.25) is 5.91 Å². The second kappa shape index (κ2) is 5.09. The summed E-state index contributed by atoms with van der Waals surface area (Å²) in [6.07, 6.45) is -0.664. The van der Waals surface area contributed by atoms with E-state index in [1.54, 1.807) is 6.92 Å². The quantitative estimate of drug-likeness (QED) is 0.633. The zero-order valence-corrected chi connectivity index (χ0v) is 8.68. The van der Waals surface area contributed by atoms with E-state index in [0.717, 1.165) is 0 Å². The number of hydrogen-bond acceptors (Lipinski definition) is 4. The van der Waals surface area contributed by atoms with Gasteiger partial charge in [0.1, 0.15) is 0 Å². The van der Waals surface area contributed by atoms with Crippen molar-refractivity contribution in [2.24, 2.45) is 5.73 Å². The summed E-state index contributed by atoms with van der Waals surface area (Å²) in [5.74, 6) is -1.15. The molecule has 1 saturated heterocycles. The number of hydrogen-bond donors (Lipinski definition) is 2. The third-order valence-electron chi connectivity index (χ3n) is 2.19. The Morgan fingerprint density at radius 1 is 1.67 bits per heavy atom. The maximum atomic E-state index is 11.6. The lowest BCUT2D eigenvalue weighted by Gasteiger charge is -2.31. The Balaban J connectivity index is 2.48. The van der Waals surface area contributed by atoms with Gasteiger partial charge in [-0.3, -0.25) is 4.79 Å². The molecule has 0 aromatic heterocycles. The molecule has 0 aliphatic carbocycles. The molecule has 2 unspecified atom stereocenters. The predicted octanol–water partition coefficient (Wildman–Crippen LogP) is -0.964. The molecule has 1 aliphatic heterocycles. The third kappa shape index (κ3) is 3.49. The fourth-order valence-electron chi connectivity index (χ4n) is 1.43. The van der Waals surface area contributed by atoms with E-state index in [2.05, 4.69) is 0 Å². The maximum Gasteiger partial charge on any atom is 0.334 e. The average molecular weight is 216 g/mol. The maximum absolute atomic E-state index is 11.6. The van der Waals surface area contributed by atoms with Gasteiger partial charge in [0, 0.05) is 19.0 Å². The Labute approximate surface area is 88.0 Å². The van der Waals surface area contributed by atoms with Crippen LogP contribution in [0, 0.1) is 0 Å². The Morgan fingerprint density at radius 2 is 2.33 bits per heavy atom. The van der Waals surface area contributed by atoms with Gasteiger partial charge in [-0.15, -0.1) is 0 Å². The molecule has 0 radical (unpaired) electrons. The minimum Gasteiger partial charge on any atom is -0.479 e. The zero-order valence-electron chi connectivity index (χ0n) is 8.68. The third-order valence-corrected chi connectivity index (χ3v) is 2.19. The van der Waals surface area contributed by atoms with Crippen molar-refractivity contribution in [2.45, 2.75) is 25.5 Å². The fourth-order valence-corrected chi connectivity index (χ4v) is 1.43. The van der Waals surface area contributed by atoms with Gasteiger partial charge in [-0.1, -0.05) is 0 Å². The molecule has 0 aromatic carbocycles. The van der Waals surface area contributed by atoms with E-state index in [0.29, 0.717) is 6.54 Å². The first-order valence-corrected chi connectivity index (χ1v) is 4.88. The summed E-state index contributed by atoms with van der Waals surface area (Å²) >= 11 is 0. The molecule has 1 aliphatic rings. The molecule has 15 heavy (non-hydrogen) atoms. The van der Waals surface area contributed by atoms with Gasteiger partial charge in [-0.25, -0.2) is 4.79 Å². The van der Waals surface area contributed by atoms with E-state index in [9.17, 15) is 9.59 Å². The lowest BCUT2D eigenvalue weighted by Crippen LogP contribution is -2.49. The van der Waals surface area contributed by atoms with Crippen molar-refractivity contribution >= 4 is 11.9 Å². The number of nitrogens with two attached hydrogens (primary N) is 1. The van der Waals surface area contributed by atoms with E-state index in [4.69, 9.17) is 15.6 Å². The zero-order chi connectivity index (χ0) is 11.4. The van der Waals surface area contributed by atoms with Gasteiger partial charge in [0.05, 0.1) is 13.2 Å². The minimum absolute atomic E-state index is 0.112. The van der Waals surface area contributed by atoms with Crippen molar-refractivity contribution in [2.75, 3.05) is 19.7 Å². The van der Waals surface area contributed by atoms with Crippen LogP contribution in [0.4, 0.5) is 0 Å². The van der Waals surface area contributed by atoms with Crippen molar-refractivity contribution in [3.05, 3.63) is 0 Å². The van der Waals surface area contributed by atoms with Crippen LogP contribution in [0.2, 0.25) is 0 Å². The van der Waals surface area contributed by atoms with Gasteiger partial charge in [-0.05, 0) is 6.92 Å². The highest BCUT2D eigenvalue weighted by Gasteiger charge is 2.28. The number of carboxylic acid groups (broad SMARTS) is 1. The van der Waals surface area contributed by atoms with Crippen LogP contribution in [0.5, 0.6) is 0 Å². The highest BCUT2D eigenvalue weighted by molar-refractivity contribution is 5.79. The summed E-state index contributed by atoms with van der Waals surface area (Å²) in [6, 6.07) is -0.205. The van der Waals surface area contributed by atoms with Crippen LogP contribution in [0.1, 0.15) is 13.3 Å². The Hall–Kier alpha value is -1.14. The summed E-state index contributed by atoms with van der Waals surface area (Å²) in [5.41, 5.74) is 5.50. The lowest BCUT2D eigenvalue weighted by molar-refractivity contribution is -0.159. The monoisotopic (exact) mass is 216 g/mol. The number of morpholine rings is 1. The van der Waals surface area contributed by atoms with E-state index in [1.165, 1.54) is 4.90 Å². The molecule has 2 atom stereocenters. The van der Waals surface area contributed by atoms with Crippen LogP contribution < -0.4 is 5.73 Å². The average Bonchev–Trinajstić information content (AvgIpc) is 2.17. The first kappa shape index (κ1) is 11.9. The number of rotatable bonds is 3. The Bertz CT molecular complexity index is 254. The molecular weight excluding hydrogens is 200 g/mol. The first-order valence-electron chi connectivity index (χ1n) is 4.88. The van der Waals surface area contributed by atoms with Crippen LogP contribution in [-0.4, -0.2) is 53.7 Å². The molecule has 1 amide bonds. The Morgan fingerprint density at radius 3 is 2.87 bits per heavy atom. The van der Waals surface area contributed by atoms with Crippen molar-refractivity contribution in [3.8, 4) is 0 Å². The minimum atomic E-state index is -1.03. The van der Waals surface area contributed by atoms with E-state index in [1.807, 2.05) is 0 Å². The molecule has 1 fully saturated rings. The second-order valence-corrected chi connectivity index (χ2v) is 3.72. The number of amides is 1. The van der Waals surface area contributed by atoms with E-state index < -0.39 is 12.1 Å². The van der Waals surface area contributed by atoms with Gasteiger partial charge >= 0.3 is 5.97 Å². The van der Waals surface area contributed by atoms with E-state index >= 15 is 0 Å². The number of aliphatic carboxylic acids is 1. The summed E-state index contributed by atoms with van der Waals surface area (Å²) < 4.78 is 5.00. The molecule has 3 N–H and O–H groups in total. The van der Waals surface area contributed by atoms with Gasteiger partial charge in [-0.2, -0.15) is 0 Å². The van der Waals surface area contributed by atoms with Crippen LogP contribution in [0.15, 0.2) is 0 Å². The topological polar surface area (TPSA) is 92.9 Å². The molecule has 86 valence electrons. The molecule has 0 saturated carbocycles. The molecule has 0 bridgehead atoms. The predicted molar refractivity (Wildman–Crippen MR) is 52.2 cm³/mol. The highest BCUT2D eigenvalue weighted by Crippen LogP contribution is 2.07. The highest BCUT2D eigenvalue weighted by atomic mass is 16.5. The van der Waals surface area contributed by atoms with Crippen molar-refractivity contribution in [1.29, 1.82) is 0 Å². The standard InChI is InChI=1S/C9H16N2O4/c1-6(10)4-8(12)11-2-3-15-7(5-11)9(13)14/h6-7H,2-5,10H2,1H3,(H,13,14). The number of carboxylic acids is 1.